The van der Waals surface area contributed by atoms with Crippen molar-refractivity contribution in [3.05, 3.63) is 0 Å². The van der Waals surface area contributed by atoms with Gasteiger partial charge in [-0.15, -0.1) is 0 Å². The van der Waals surface area contributed by atoms with E-state index in [4.69, 9.17) is 4.74 Å². The summed E-state index contributed by atoms with van der Waals surface area (Å²) in [7, 11) is 1.84. The Morgan fingerprint density at radius 2 is 2.00 bits per heavy atom. The van der Waals surface area contributed by atoms with Crippen molar-refractivity contribution in [2.75, 3.05) is 33.3 Å². The molecule has 0 aromatic carbocycles. The van der Waals surface area contributed by atoms with Crippen molar-refractivity contribution in [2.45, 2.75) is 57.6 Å². The minimum atomic E-state index is 0.465. The van der Waals surface area contributed by atoms with Crippen molar-refractivity contribution in [3.63, 3.8) is 0 Å². The van der Waals surface area contributed by atoms with Gasteiger partial charge in [-0.25, -0.2) is 0 Å². The number of piperidine rings is 1. The lowest BCUT2D eigenvalue weighted by molar-refractivity contribution is 0.0313. The summed E-state index contributed by atoms with van der Waals surface area (Å²) in [6, 6.07) is 0.766. The van der Waals surface area contributed by atoms with E-state index in [9.17, 15) is 0 Å². The van der Waals surface area contributed by atoms with E-state index in [-0.39, 0.29) is 0 Å². The molecular weight excluding hydrogens is 224 g/mol. The largest absolute Gasteiger partial charge is 0.380 e. The average molecular weight is 254 g/mol. The van der Waals surface area contributed by atoms with Crippen LogP contribution in [0.4, 0.5) is 0 Å². The van der Waals surface area contributed by atoms with Crippen molar-refractivity contribution < 1.29 is 4.74 Å². The highest BCUT2D eigenvalue weighted by atomic mass is 16.5. The second-order valence-electron chi connectivity index (χ2n) is 6.12. The third-order valence-electron chi connectivity index (χ3n) is 4.74. The summed E-state index contributed by atoms with van der Waals surface area (Å²) in [5.41, 5.74) is 0. The second-order valence-corrected chi connectivity index (χ2v) is 6.12. The van der Waals surface area contributed by atoms with Crippen LogP contribution in [0.5, 0.6) is 0 Å². The van der Waals surface area contributed by atoms with Gasteiger partial charge >= 0.3 is 0 Å². The lowest BCUT2D eigenvalue weighted by atomic mass is 9.86. The topological polar surface area (TPSA) is 24.5 Å². The normalized spacial score (nSPS) is 34.7. The summed E-state index contributed by atoms with van der Waals surface area (Å²) in [4.78, 5) is 2.55. The lowest BCUT2D eigenvalue weighted by Crippen LogP contribution is -2.45. The molecule has 2 aliphatic rings. The van der Waals surface area contributed by atoms with Crippen molar-refractivity contribution in [1.29, 1.82) is 0 Å². The molecule has 0 aromatic rings. The maximum Gasteiger partial charge on any atom is 0.0698 e. The molecule has 3 unspecified atom stereocenters. The van der Waals surface area contributed by atoms with Gasteiger partial charge in [-0.2, -0.15) is 0 Å². The van der Waals surface area contributed by atoms with Gasteiger partial charge in [0.05, 0.1) is 6.10 Å². The van der Waals surface area contributed by atoms with Crippen molar-refractivity contribution in [1.82, 2.24) is 10.2 Å². The molecule has 0 bridgehead atoms. The van der Waals surface area contributed by atoms with Gasteiger partial charge in [-0.1, -0.05) is 19.8 Å². The Kier molecular flexibility index (Phi) is 5.93. The van der Waals surface area contributed by atoms with Crippen LogP contribution in [-0.4, -0.2) is 50.3 Å². The number of nitrogens with one attached hydrogen (secondary N) is 1. The summed E-state index contributed by atoms with van der Waals surface area (Å²) < 4.78 is 5.47. The van der Waals surface area contributed by atoms with Crippen LogP contribution in [0.15, 0.2) is 0 Å². The Morgan fingerprint density at radius 1 is 1.17 bits per heavy atom. The standard InChI is InChI=1S/C15H30N2O/c1-13-6-3-4-8-15(13)16-9-11-17-10-5-7-14(12-17)18-2/h13-16H,3-12H2,1-2H3. The van der Waals surface area contributed by atoms with E-state index in [1.807, 2.05) is 7.11 Å². The number of rotatable bonds is 5. The van der Waals surface area contributed by atoms with Crippen molar-refractivity contribution in [2.24, 2.45) is 5.92 Å². The minimum absolute atomic E-state index is 0.465. The van der Waals surface area contributed by atoms with Crippen LogP contribution in [0, 0.1) is 5.92 Å². The fourth-order valence-corrected chi connectivity index (χ4v) is 3.44. The number of hydrogen-bond donors (Lipinski definition) is 1. The van der Waals surface area contributed by atoms with Crippen LogP contribution in [0.1, 0.15) is 45.4 Å². The molecule has 106 valence electrons. The molecule has 2 rings (SSSR count). The predicted octanol–water partition coefficient (Wildman–Crippen LogP) is 2.27. The molecule has 1 aliphatic carbocycles. The van der Waals surface area contributed by atoms with Crippen LogP contribution >= 0.6 is 0 Å². The fraction of sp³-hybridized carbons (Fsp3) is 1.00. The number of nitrogens with zero attached hydrogens (tertiary/aromatic N) is 1. The van der Waals surface area contributed by atoms with Crippen LogP contribution in [0.25, 0.3) is 0 Å². The summed E-state index contributed by atoms with van der Waals surface area (Å²) in [6.45, 7) is 7.10. The smallest absolute Gasteiger partial charge is 0.0698 e. The Hall–Kier alpha value is -0.120. The zero-order chi connectivity index (χ0) is 12.8. The Balaban J connectivity index is 1.62. The van der Waals surface area contributed by atoms with Gasteiger partial charge in [0.15, 0.2) is 0 Å². The third-order valence-corrected chi connectivity index (χ3v) is 4.74. The predicted molar refractivity (Wildman–Crippen MR) is 75.9 cm³/mol. The van der Waals surface area contributed by atoms with Crippen LogP contribution in [0.3, 0.4) is 0 Å². The molecule has 3 heteroatoms. The number of hydrogen-bond acceptors (Lipinski definition) is 3. The number of ether oxygens (including phenoxy) is 1. The first-order valence-electron chi connectivity index (χ1n) is 7.78. The lowest BCUT2D eigenvalue weighted by Gasteiger charge is -2.34. The summed E-state index contributed by atoms with van der Waals surface area (Å²) >= 11 is 0. The SMILES string of the molecule is COC1CCCN(CCNC2CCCCC2C)C1. The van der Waals surface area contributed by atoms with Crippen molar-refractivity contribution in [3.8, 4) is 0 Å². The molecule has 0 radical (unpaired) electrons. The van der Waals surface area contributed by atoms with E-state index in [0.717, 1.165) is 25.0 Å². The van der Waals surface area contributed by atoms with Crippen LogP contribution < -0.4 is 5.32 Å². The highest BCUT2D eigenvalue weighted by Crippen LogP contribution is 2.23. The van der Waals surface area contributed by atoms with Crippen molar-refractivity contribution >= 4 is 0 Å². The first-order valence-corrected chi connectivity index (χ1v) is 7.78. The molecule has 2 fully saturated rings. The summed E-state index contributed by atoms with van der Waals surface area (Å²) in [5.74, 6) is 0.867. The number of likely N-dealkylation sites (tertiary alicyclic amines) is 1. The molecule has 18 heavy (non-hydrogen) atoms. The maximum atomic E-state index is 5.47. The Bertz CT molecular complexity index is 235. The zero-order valence-electron chi connectivity index (χ0n) is 12.2. The highest BCUT2D eigenvalue weighted by molar-refractivity contribution is 4.79. The van der Waals surface area contributed by atoms with Crippen LogP contribution in [0.2, 0.25) is 0 Å². The van der Waals surface area contributed by atoms with E-state index in [1.54, 1.807) is 0 Å². The molecule has 1 saturated heterocycles. The molecule has 0 aromatic heterocycles. The van der Waals surface area contributed by atoms with E-state index in [2.05, 4.69) is 17.1 Å². The molecule has 1 saturated carbocycles. The number of methoxy groups -OCH3 is 1. The highest BCUT2D eigenvalue weighted by Gasteiger charge is 2.22. The molecule has 1 aliphatic heterocycles. The first-order chi connectivity index (χ1) is 8.79. The summed E-state index contributed by atoms with van der Waals surface area (Å²) in [6.07, 6.45) is 8.62. The molecule has 3 atom stereocenters. The van der Waals surface area contributed by atoms with Gasteiger partial charge in [0.1, 0.15) is 0 Å². The summed E-state index contributed by atoms with van der Waals surface area (Å²) in [5, 5.41) is 3.77. The van der Waals surface area contributed by atoms with E-state index in [1.165, 1.54) is 51.6 Å². The molecule has 0 amide bonds. The molecule has 0 spiro atoms. The van der Waals surface area contributed by atoms with Gasteiger partial charge in [0.2, 0.25) is 0 Å². The average Bonchev–Trinajstić information content (AvgIpc) is 2.41. The first kappa shape index (κ1) is 14.3. The van der Waals surface area contributed by atoms with Gasteiger partial charge in [-0.3, -0.25) is 4.90 Å². The monoisotopic (exact) mass is 254 g/mol. The Morgan fingerprint density at radius 3 is 2.78 bits per heavy atom. The van der Waals surface area contributed by atoms with Gasteiger partial charge in [-0.05, 0) is 38.1 Å². The zero-order valence-corrected chi connectivity index (χ0v) is 12.2. The maximum absolute atomic E-state index is 5.47. The van der Waals surface area contributed by atoms with Crippen LogP contribution in [-0.2, 0) is 4.74 Å². The molecule has 1 heterocycles. The molecule has 1 N–H and O–H groups in total. The van der Waals surface area contributed by atoms with Gasteiger partial charge in [0, 0.05) is 32.8 Å². The van der Waals surface area contributed by atoms with E-state index < -0.39 is 0 Å². The second kappa shape index (κ2) is 7.46. The molecular formula is C15H30N2O. The van der Waals surface area contributed by atoms with Gasteiger partial charge < -0.3 is 10.1 Å². The fourth-order valence-electron chi connectivity index (χ4n) is 3.44. The van der Waals surface area contributed by atoms with Gasteiger partial charge in [0.25, 0.3) is 0 Å². The third kappa shape index (κ3) is 4.22. The minimum Gasteiger partial charge on any atom is -0.380 e. The Labute approximate surface area is 112 Å². The van der Waals surface area contributed by atoms with E-state index >= 15 is 0 Å². The van der Waals surface area contributed by atoms with E-state index in [0.29, 0.717) is 6.10 Å². The molecule has 3 nitrogen and oxygen atoms in total. The quantitative estimate of drug-likeness (QED) is 0.814.